The summed E-state index contributed by atoms with van der Waals surface area (Å²) in [4.78, 5) is 0. The normalized spacial score (nSPS) is 12.0. The van der Waals surface area contributed by atoms with Gasteiger partial charge in [0.1, 0.15) is 0 Å². The first-order valence-corrected chi connectivity index (χ1v) is 9.05. The van der Waals surface area contributed by atoms with Crippen LogP contribution in [0.1, 0.15) is 5.56 Å². The fraction of sp³-hybridized carbons (Fsp3) is 0.0400. The lowest BCUT2D eigenvalue weighted by Crippen LogP contribution is -1.80. The maximum Gasteiger partial charge on any atom is 0.0620 e. The van der Waals surface area contributed by atoms with Crippen LogP contribution < -0.4 is 0 Å². The predicted octanol–water partition coefficient (Wildman–Crippen LogP) is 6.81. The Morgan fingerprint density at radius 2 is 1.23 bits per heavy atom. The van der Waals surface area contributed by atoms with E-state index >= 15 is 0 Å². The zero-order valence-electron chi connectivity index (χ0n) is 14.5. The first-order chi connectivity index (χ1) is 12.8. The molecule has 122 valence electrons. The molecular formula is C25H17N. The quantitative estimate of drug-likeness (QED) is 0.312. The maximum absolute atomic E-state index is 2.43. The minimum Gasteiger partial charge on any atom is -0.308 e. The van der Waals surface area contributed by atoms with Crippen LogP contribution in [0.25, 0.3) is 49.2 Å². The molecular weight excluding hydrogens is 314 g/mol. The van der Waals surface area contributed by atoms with E-state index in [0.717, 1.165) is 0 Å². The van der Waals surface area contributed by atoms with E-state index in [9.17, 15) is 0 Å². The van der Waals surface area contributed by atoms with E-state index in [-0.39, 0.29) is 0 Å². The lowest BCUT2D eigenvalue weighted by molar-refractivity contribution is 1.36. The van der Waals surface area contributed by atoms with Gasteiger partial charge in [0, 0.05) is 21.5 Å². The van der Waals surface area contributed by atoms with Crippen LogP contribution in [0.15, 0.2) is 84.9 Å². The summed E-state index contributed by atoms with van der Waals surface area (Å²) >= 11 is 0. The molecule has 0 radical (unpaired) electrons. The highest BCUT2D eigenvalue weighted by atomic mass is 14.9. The number of benzene rings is 4. The summed E-state index contributed by atoms with van der Waals surface area (Å²) < 4.78 is 2.43. The molecule has 2 heterocycles. The Labute approximate surface area is 151 Å². The van der Waals surface area contributed by atoms with Crippen molar-refractivity contribution < 1.29 is 0 Å². The average Bonchev–Trinajstić information content (AvgIpc) is 3.19. The second-order valence-electron chi connectivity index (χ2n) is 7.16. The highest BCUT2D eigenvalue weighted by molar-refractivity contribution is 6.24. The van der Waals surface area contributed by atoms with Crippen LogP contribution in [0, 0.1) is 6.92 Å². The zero-order valence-corrected chi connectivity index (χ0v) is 14.5. The summed E-state index contributed by atoms with van der Waals surface area (Å²) in [7, 11) is 0. The summed E-state index contributed by atoms with van der Waals surface area (Å²) in [5, 5.41) is 5.35. The van der Waals surface area contributed by atoms with Gasteiger partial charge in [-0.15, -0.1) is 0 Å². The van der Waals surface area contributed by atoms with Crippen molar-refractivity contribution in [1.82, 2.24) is 4.40 Å². The molecule has 0 amide bonds. The van der Waals surface area contributed by atoms with Gasteiger partial charge < -0.3 is 4.40 Å². The first-order valence-electron chi connectivity index (χ1n) is 9.05. The van der Waals surface area contributed by atoms with Crippen LogP contribution >= 0.6 is 0 Å². The molecule has 0 bridgehead atoms. The third-order valence-corrected chi connectivity index (χ3v) is 5.56. The van der Waals surface area contributed by atoms with E-state index in [1.54, 1.807) is 0 Å². The Morgan fingerprint density at radius 3 is 2.08 bits per heavy atom. The van der Waals surface area contributed by atoms with Crippen molar-refractivity contribution in [2.45, 2.75) is 6.92 Å². The van der Waals surface area contributed by atoms with Crippen molar-refractivity contribution in [2.75, 3.05) is 0 Å². The molecule has 0 spiro atoms. The van der Waals surface area contributed by atoms with Crippen LogP contribution in [-0.4, -0.2) is 4.40 Å². The van der Waals surface area contributed by atoms with Crippen molar-refractivity contribution in [3.63, 3.8) is 0 Å². The second kappa shape index (κ2) is 4.86. The summed E-state index contributed by atoms with van der Waals surface area (Å²) in [6, 6.07) is 30.9. The first kappa shape index (κ1) is 13.9. The molecule has 26 heavy (non-hydrogen) atoms. The second-order valence-corrected chi connectivity index (χ2v) is 7.16. The van der Waals surface area contributed by atoms with Crippen LogP contribution in [-0.2, 0) is 0 Å². The van der Waals surface area contributed by atoms with Gasteiger partial charge >= 0.3 is 0 Å². The Bertz CT molecular complexity index is 1420. The minimum absolute atomic E-state index is 1.27. The molecule has 0 fully saturated rings. The topological polar surface area (TPSA) is 4.41 Å². The van der Waals surface area contributed by atoms with E-state index in [2.05, 4.69) is 96.3 Å². The van der Waals surface area contributed by atoms with Crippen molar-refractivity contribution in [3.8, 4) is 11.1 Å². The molecule has 0 N–H and O–H groups in total. The van der Waals surface area contributed by atoms with Crippen LogP contribution in [0.3, 0.4) is 0 Å². The van der Waals surface area contributed by atoms with Crippen molar-refractivity contribution >= 4 is 38.1 Å². The molecule has 0 saturated heterocycles. The standard InChI is InChI=1S/C25H17N/c1-16-11-12-24-20(13-16)22-15-18(17-7-3-2-4-8-17)14-21-19-9-5-6-10-23(19)26(24)25(21)22/h2-15H,1H3. The van der Waals surface area contributed by atoms with Crippen LogP contribution in [0.4, 0.5) is 0 Å². The molecule has 6 aromatic rings. The number of aryl methyl sites for hydroxylation is 1. The SMILES string of the molecule is Cc1ccc2c(c1)c1cc(-c3ccccc3)cc3c4ccccc4n2c31. The number of hydrogen-bond donors (Lipinski definition) is 0. The minimum atomic E-state index is 1.27. The molecule has 6 rings (SSSR count). The molecule has 0 unspecified atom stereocenters. The lowest BCUT2D eigenvalue weighted by atomic mass is 9.99. The van der Waals surface area contributed by atoms with Crippen molar-refractivity contribution in [1.29, 1.82) is 0 Å². The van der Waals surface area contributed by atoms with Gasteiger partial charge in [0.2, 0.25) is 0 Å². The number of para-hydroxylation sites is 1. The zero-order chi connectivity index (χ0) is 17.3. The van der Waals surface area contributed by atoms with E-state index in [0.29, 0.717) is 0 Å². The highest BCUT2D eigenvalue weighted by Crippen LogP contribution is 2.41. The molecule has 0 atom stereocenters. The Morgan fingerprint density at radius 1 is 0.538 bits per heavy atom. The number of fused-ring (bicyclic) bond motifs is 6. The van der Waals surface area contributed by atoms with Gasteiger partial charge in [0.25, 0.3) is 0 Å². The monoisotopic (exact) mass is 331 g/mol. The van der Waals surface area contributed by atoms with Gasteiger partial charge in [-0.05, 0) is 48.4 Å². The molecule has 4 aromatic carbocycles. The van der Waals surface area contributed by atoms with E-state index in [4.69, 9.17) is 0 Å². The van der Waals surface area contributed by atoms with Gasteiger partial charge in [-0.25, -0.2) is 0 Å². The summed E-state index contributed by atoms with van der Waals surface area (Å²) in [5.41, 5.74) is 7.77. The van der Waals surface area contributed by atoms with Gasteiger partial charge in [-0.3, -0.25) is 0 Å². The average molecular weight is 331 g/mol. The Balaban J connectivity index is 1.91. The molecule has 1 nitrogen and oxygen atoms in total. The Kier molecular flexibility index (Phi) is 2.60. The summed E-state index contributed by atoms with van der Waals surface area (Å²) in [6.07, 6.45) is 0. The number of nitrogens with zero attached hydrogens (tertiary/aromatic N) is 1. The predicted molar refractivity (Wildman–Crippen MR) is 111 cm³/mol. The van der Waals surface area contributed by atoms with Crippen molar-refractivity contribution in [2.24, 2.45) is 0 Å². The van der Waals surface area contributed by atoms with Gasteiger partial charge in [-0.1, -0.05) is 60.2 Å². The largest absolute Gasteiger partial charge is 0.308 e. The summed E-state index contributed by atoms with van der Waals surface area (Å²) in [6.45, 7) is 2.17. The molecule has 0 aliphatic rings. The van der Waals surface area contributed by atoms with Crippen molar-refractivity contribution in [3.05, 3.63) is 90.5 Å². The van der Waals surface area contributed by atoms with Gasteiger partial charge in [-0.2, -0.15) is 0 Å². The number of rotatable bonds is 1. The Hall–Kier alpha value is -3.32. The van der Waals surface area contributed by atoms with Crippen LogP contribution in [0.5, 0.6) is 0 Å². The third-order valence-electron chi connectivity index (χ3n) is 5.56. The smallest absolute Gasteiger partial charge is 0.0620 e. The van der Waals surface area contributed by atoms with E-state index in [1.807, 2.05) is 0 Å². The van der Waals surface area contributed by atoms with E-state index < -0.39 is 0 Å². The molecule has 1 heteroatoms. The van der Waals surface area contributed by atoms with Crippen LogP contribution in [0.2, 0.25) is 0 Å². The fourth-order valence-electron chi connectivity index (χ4n) is 4.41. The molecule has 0 aliphatic carbocycles. The number of aromatic nitrogens is 1. The maximum atomic E-state index is 2.43. The molecule has 0 saturated carbocycles. The van der Waals surface area contributed by atoms with Gasteiger partial charge in [0.15, 0.2) is 0 Å². The summed E-state index contributed by atoms with van der Waals surface area (Å²) in [5.74, 6) is 0. The lowest BCUT2D eigenvalue weighted by Gasteiger charge is -2.04. The molecule has 0 aliphatic heterocycles. The third kappa shape index (κ3) is 1.70. The van der Waals surface area contributed by atoms with Gasteiger partial charge in [0.05, 0.1) is 16.6 Å². The fourth-order valence-corrected chi connectivity index (χ4v) is 4.41. The highest BCUT2D eigenvalue weighted by Gasteiger charge is 2.18. The van der Waals surface area contributed by atoms with E-state index in [1.165, 1.54) is 54.8 Å². The molecule has 2 aromatic heterocycles. The number of hydrogen-bond acceptors (Lipinski definition) is 0.